The molecule has 0 aromatic carbocycles. The van der Waals surface area contributed by atoms with E-state index < -0.39 is 0 Å². The van der Waals surface area contributed by atoms with Gasteiger partial charge in [0, 0.05) is 24.8 Å². The Hall–Kier alpha value is -1.09. The lowest BCUT2D eigenvalue weighted by molar-refractivity contribution is 0.112. The van der Waals surface area contributed by atoms with Gasteiger partial charge in [-0.05, 0) is 51.3 Å². The zero-order valence-corrected chi connectivity index (χ0v) is 13.2. The average molecular weight is 275 g/mol. The topological polar surface area (TPSA) is 28.2 Å². The van der Waals surface area contributed by atoms with Crippen LogP contribution >= 0.6 is 0 Å². The minimum absolute atomic E-state index is 0.556. The Kier molecular flexibility index (Phi) is 5.84. The molecule has 2 rings (SSSR count). The summed E-state index contributed by atoms with van der Waals surface area (Å²) in [6.07, 6.45) is 8.43. The van der Waals surface area contributed by atoms with Gasteiger partial charge in [0.05, 0.1) is 0 Å². The molecule has 1 fully saturated rings. The van der Waals surface area contributed by atoms with E-state index in [0.29, 0.717) is 12.1 Å². The summed E-state index contributed by atoms with van der Waals surface area (Å²) in [5.41, 5.74) is 1.37. The molecule has 0 unspecified atom stereocenters. The van der Waals surface area contributed by atoms with Crippen LogP contribution in [0.2, 0.25) is 0 Å². The van der Waals surface area contributed by atoms with Crippen LogP contribution < -0.4 is 5.32 Å². The van der Waals surface area contributed by atoms with Gasteiger partial charge in [0.2, 0.25) is 0 Å². The van der Waals surface area contributed by atoms with Crippen molar-refractivity contribution in [2.75, 3.05) is 18.4 Å². The fraction of sp³-hybridized carbons (Fsp3) is 0.706. The molecule has 1 aromatic heterocycles. The van der Waals surface area contributed by atoms with Gasteiger partial charge in [0.1, 0.15) is 5.82 Å². The molecule has 0 bridgehead atoms. The van der Waals surface area contributed by atoms with E-state index in [1.165, 1.54) is 44.2 Å². The van der Waals surface area contributed by atoms with Gasteiger partial charge in [-0.2, -0.15) is 0 Å². The lowest BCUT2D eigenvalue weighted by atomic mass is 9.95. The summed E-state index contributed by atoms with van der Waals surface area (Å²) in [7, 11) is 0. The Bertz CT molecular complexity index is 386. The van der Waals surface area contributed by atoms with E-state index in [2.05, 4.69) is 54.3 Å². The zero-order valence-electron chi connectivity index (χ0n) is 13.2. The largest absolute Gasteiger partial charge is 0.370 e. The summed E-state index contributed by atoms with van der Waals surface area (Å²) in [6, 6.07) is 5.56. The van der Waals surface area contributed by atoms with Crippen molar-refractivity contribution in [1.29, 1.82) is 0 Å². The number of hydrogen-bond acceptors (Lipinski definition) is 3. The summed E-state index contributed by atoms with van der Waals surface area (Å²) < 4.78 is 0. The first-order chi connectivity index (χ1) is 9.72. The molecule has 1 atom stereocenters. The average Bonchev–Trinajstić information content (AvgIpc) is 2.48. The molecule has 3 heteroatoms. The maximum Gasteiger partial charge on any atom is 0.125 e. The normalized spacial score (nSPS) is 20.3. The highest BCUT2D eigenvalue weighted by Crippen LogP contribution is 2.32. The second kappa shape index (κ2) is 7.63. The first kappa shape index (κ1) is 15.3. The minimum Gasteiger partial charge on any atom is -0.370 e. The standard InChI is InChI=1S/C17H29N3/c1-4-5-11-18-17-10-9-15(13-19-17)16-8-6-7-12-20(16)14(2)3/h9-10,13-14,16H,4-8,11-12H2,1-3H3,(H,18,19)/t16-/m1/s1. The van der Waals surface area contributed by atoms with E-state index in [1.807, 2.05) is 0 Å². The molecule has 20 heavy (non-hydrogen) atoms. The van der Waals surface area contributed by atoms with Crippen molar-refractivity contribution in [2.24, 2.45) is 0 Å². The third-order valence-electron chi connectivity index (χ3n) is 4.22. The third-order valence-corrected chi connectivity index (χ3v) is 4.22. The summed E-state index contributed by atoms with van der Waals surface area (Å²) in [6.45, 7) is 9.05. The van der Waals surface area contributed by atoms with Crippen LogP contribution in [0.1, 0.15) is 64.5 Å². The van der Waals surface area contributed by atoms with Crippen molar-refractivity contribution >= 4 is 5.82 Å². The molecule has 1 aliphatic heterocycles. The van der Waals surface area contributed by atoms with Crippen molar-refractivity contribution in [2.45, 2.75) is 65.0 Å². The molecule has 1 aromatic rings. The smallest absolute Gasteiger partial charge is 0.125 e. The lowest BCUT2D eigenvalue weighted by Crippen LogP contribution is -2.38. The van der Waals surface area contributed by atoms with Gasteiger partial charge >= 0.3 is 0 Å². The van der Waals surface area contributed by atoms with Crippen molar-refractivity contribution in [1.82, 2.24) is 9.88 Å². The number of hydrogen-bond donors (Lipinski definition) is 1. The van der Waals surface area contributed by atoms with E-state index in [1.54, 1.807) is 0 Å². The molecule has 2 heterocycles. The Morgan fingerprint density at radius 1 is 1.35 bits per heavy atom. The van der Waals surface area contributed by atoms with Crippen LogP contribution in [0, 0.1) is 0 Å². The van der Waals surface area contributed by atoms with Crippen molar-refractivity contribution in [3.8, 4) is 0 Å². The number of anilines is 1. The number of aromatic nitrogens is 1. The molecular formula is C17H29N3. The SMILES string of the molecule is CCCCNc1ccc([C@H]2CCCCN2C(C)C)cn1. The monoisotopic (exact) mass is 275 g/mol. The third kappa shape index (κ3) is 3.95. The second-order valence-corrected chi connectivity index (χ2v) is 6.10. The molecule has 0 amide bonds. The number of piperidine rings is 1. The van der Waals surface area contributed by atoms with Crippen LogP contribution in [0.15, 0.2) is 18.3 Å². The van der Waals surface area contributed by atoms with Gasteiger partial charge in [-0.3, -0.25) is 4.90 Å². The summed E-state index contributed by atoms with van der Waals surface area (Å²) in [5.74, 6) is 1.01. The van der Waals surface area contributed by atoms with Crippen LogP contribution in [-0.2, 0) is 0 Å². The Morgan fingerprint density at radius 2 is 2.20 bits per heavy atom. The summed E-state index contributed by atoms with van der Waals surface area (Å²) in [4.78, 5) is 7.20. The molecular weight excluding hydrogens is 246 g/mol. The highest BCUT2D eigenvalue weighted by molar-refractivity contribution is 5.36. The molecule has 1 saturated heterocycles. The number of likely N-dealkylation sites (tertiary alicyclic amines) is 1. The fourth-order valence-electron chi connectivity index (χ4n) is 3.03. The highest BCUT2D eigenvalue weighted by atomic mass is 15.2. The van der Waals surface area contributed by atoms with Gasteiger partial charge in [0.15, 0.2) is 0 Å². The molecule has 3 nitrogen and oxygen atoms in total. The zero-order chi connectivity index (χ0) is 14.4. The molecule has 1 aliphatic rings. The first-order valence-corrected chi connectivity index (χ1v) is 8.18. The second-order valence-electron chi connectivity index (χ2n) is 6.10. The van der Waals surface area contributed by atoms with E-state index in [-0.39, 0.29) is 0 Å². The molecule has 1 N–H and O–H groups in total. The van der Waals surface area contributed by atoms with E-state index >= 15 is 0 Å². The fourth-order valence-corrected chi connectivity index (χ4v) is 3.03. The number of pyridine rings is 1. The first-order valence-electron chi connectivity index (χ1n) is 8.18. The number of unbranched alkanes of at least 4 members (excludes halogenated alkanes) is 1. The minimum atomic E-state index is 0.556. The van der Waals surface area contributed by atoms with Gasteiger partial charge in [-0.15, -0.1) is 0 Å². The van der Waals surface area contributed by atoms with Crippen LogP contribution in [0.4, 0.5) is 5.82 Å². The van der Waals surface area contributed by atoms with Crippen molar-refractivity contribution < 1.29 is 0 Å². The van der Waals surface area contributed by atoms with Gasteiger partial charge in [-0.25, -0.2) is 4.98 Å². The molecule has 0 saturated carbocycles. The van der Waals surface area contributed by atoms with Crippen molar-refractivity contribution in [3.05, 3.63) is 23.9 Å². The van der Waals surface area contributed by atoms with E-state index in [4.69, 9.17) is 0 Å². The quantitative estimate of drug-likeness (QED) is 0.788. The van der Waals surface area contributed by atoms with Gasteiger partial charge in [-0.1, -0.05) is 25.8 Å². The van der Waals surface area contributed by atoms with Crippen LogP contribution in [0.25, 0.3) is 0 Å². The van der Waals surface area contributed by atoms with Crippen LogP contribution in [0.5, 0.6) is 0 Å². The molecule has 0 radical (unpaired) electrons. The van der Waals surface area contributed by atoms with E-state index in [9.17, 15) is 0 Å². The maximum atomic E-state index is 4.58. The highest BCUT2D eigenvalue weighted by Gasteiger charge is 2.25. The number of nitrogens with zero attached hydrogens (tertiary/aromatic N) is 2. The predicted molar refractivity (Wildman–Crippen MR) is 86.1 cm³/mol. The van der Waals surface area contributed by atoms with E-state index in [0.717, 1.165) is 12.4 Å². The Labute approximate surface area is 123 Å². The van der Waals surface area contributed by atoms with Crippen molar-refractivity contribution in [3.63, 3.8) is 0 Å². The molecule has 0 aliphatic carbocycles. The lowest BCUT2D eigenvalue weighted by Gasteiger charge is -2.38. The van der Waals surface area contributed by atoms with Crippen LogP contribution in [-0.4, -0.2) is 29.0 Å². The number of rotatable bonds is 6. The van der Waals surface area contributed by atoms with Gasteiger partial charge in [0.25, 0.3) is 0 Å². The Balaban J connectivity index is 2.00. The van der Waals surface area contributed by atoms with Gasteiger partial charge < -0.3 is 5.32 Å². The summed E-state index contributed by atoms with van der Waals surface area (Å²) in [5, 5.41) is 3.38. The molecule has 112 valence electrons. The maximum absolute atomic E-state index is 4.58. The number of nitrogens with one attached hydrogen (secondary N) is 1. The summed E-state index contributed by atoms with van der Waals surface area (Å²) >= 11 is 0. The predicted octanol–water partition coefficient (Wildman–Crippen LogP) is 4.23. The van der Waals surface area contributed by atoms with Crippen LogP contribution in [0.3, 0.4) is 0 Å². The Morgan fingerprint density at radius 3 is 2.85 bits per heavy atom. The molecule has 0 spiro atoms.